The number of carbonyl (C=O) groups is 1. The largest absolute Gasteiger partial charge is 0.497 e. The van der Waals surface area contributed by atoms with Crippen molar-refractivity contribution >= 4 is 16.9 Å². The predicted molar refractivity (Wildman–Crippen MR) is 136 cm³/mol. The van der Waals surface area contributed by atoms with Crippen LogP contribution in [0.5, 0.6) is 5.75 Å². The van der Waals surface area contributed by atoms with Gasteiger partial charge < -0.3 is 14.7 Å². The zero-order valence-corrected chi connectivity index (χ0v) is 21.0. The molecule has 198 valence electrons. The van der Waals surface area contributed by atoms with Crippen LogP contribution >= 0.6 is 0 Å². The Hall–Kier alpha value is -3.13. The lowest BCUT2D eigenvalue weighted by molar-refractivity contribution is -0.146. The lowest BCUT2D eigenvalue weighted by Gasteiger charge is -2.37. The van der Waals surface area contributed by atoms with Gasteiger partial charge in [0.15, 0.2) is 0 Å². The number of fused-ring (bicyclic) bond motifs is 1. The summed E-state index contributed by atoms with van der Waals surface area (Å²) in [5.41, 5.74) is 1.33. The van der Waals surface area contributed by atoms with E-state index in [1.807, 2.05) is 0 Å². The van der Waals surface area contributed by atoms with Crippen molar-refractivity contribution in [1.82, 2.24) is 9.88 Å². The number of carboxylic acid groups (broad SMARTS) is 1. The number of halogens is 3. The number of aliphatic carboxylic acids is 1. The van der Waals surface area contributed by atoms with Crippen molar-refractivity contribution < 1.29 is 27.8 Å². The van der Waals surface area contributed by atoms with Gasteiger partial charge in [-0.3, -0.25) is 9.78 Å². The van der Waals surface area contributed by atoms with Crippen molar-refractivity contribution in [2.24, 2.45) is 11.8 Å². The van der Waals surface area contributed by atoms with E-state index in [-0.39, 0.29) is 17.9 Å². The van der Waals surface area contributed by atoms with Gasteiger partial charge >= 0.3 is 5.97 Å². The third-order valence-corrected chi connectivity index (χ3v) is 7.48. The van der Waals surface area contributed by atoms with E-state index < -0.39 is 29.7 Å². The summed E-state index contributed by atoms with van der Waals surface area (Å²) in [6, 6.07) is 10.9. The molecule has 1 fully saturated rings. The number of nitrogens with zero attached hydrogens (tertiary/aromatic N) is 2. The molecule has 37 heavy (non-hydrogen) atoms. The van der Waals surface area contributed by atoms with Gasteiger partial charge in [0.05, 0.1) is 18.5 Å². The van der Waals surface area contributed by atoms with Gasteiger partial charge in [0.25, 0.3) is 0 Å². The fraction of sp³-hybridized carbons (Fsp3) is 0.448. The molecule has 1 saturated heterocycles. The van der Waals surface area contributed by atoms with E-state index in [2.05, 4.69) is 9.88 Å². The van der Waals surface area contributed by atoms with Crippen LogP contribution in [-0.4, -0.2) is 47.7 Å². The predicted octanol–water partition coefficient (Wildman–Crippen LogP) is 6.36. The molecular formula is C29H33F3N2O3. The van der Waals surface area contributed by atoms with Crippen LogP contribution in [0.15, 0.2) is 48.7 Å². The van der Waals surface area contributed by atoms with E-state index in [4.69, 9.17) is 4.74 Å². The minimum atomic E-state index is -1.23. The first-order valence-corrected chi connectivity index (χ1v) is 12.8. The van der Waals surface area contributed by atoms with Crippen LogP contribution in [0.4, 0.5) is 13.2 Å². The summed E-state index contributed by atoms with van der Waals surface area (Å²) in [6.07, 6.45) is 3.39. The van der Waals surface area contributed by atoms with Crippen molar-refractivity contribution in [3.63, 3.8) is 0 Å². The van der Waals surface area contributed by atoms with E-state index in [1.54, 1.807) is 37.6 Å². The van der Waals surface area contributed by atoms with E-state index in [0.717, 1.165) is 13.0 Å². The number of ether oxygens (including phenoxy) is 1. The van der Waals surface area contributed by atoms with Crippen molar-refractivity contribution in [1.29, 1.82) is 0 Å². The molecule has 2 heterocycles. The molecule has 0 amide bonds. The van der Waals surface area contributed by atoms with Gasteiger partial charge in [-0.25, -0.2) is 13.2 Å². The monoisotopic (exact) mass is 514 g/mol. The Kier molecular flexibility index (Phi) is 9.03. The molecule has 2 aromatic carbocycles. The standard InChI is InChI=1S/C29H33F3N2O3/c1-37-20-9-11-28-23(17-20)21(12-14-33-28)27(32)10-8-19-13-16-34(18-24(19)29(35)36)15-3-2-5-22-25(30)6-4-7-26(22)31/h4,6-7,9,11-12,14,17,19,24,27H,2-3,5,8,10,13,15-16,18H2,1H3,(H,35,36)/t19-,24+,27-/m1/s1. The minimum absolute atomic E-state index is 0.103. The molecule has 8 heteroatoms. The second kappa shape index (κ2) is 12.4. The minimum Gasteiger partial charge on any atom is -0.497 e. The SMILES string of the molecule is COc1ccc2nccc([C@H](F)CC[C@@H]3CCN(CCCCc4c(F)cccc4F)C[C@@H]3C(=O)O)c2c1. The van der Waals surface area contributed by atoms with Crippen molar-refractivity contribution in [2.45, 2.75) is 44.7 Å². The zero-order chi connectivity index (χ0) is 26.4. The summed E-state index contributed by atoms with van der Waals surface area (Å²) in [4.78, 5) is 18.4. The van der Waals surface area contributed by atoms with Crippen LogP contribution < -0.4 is 4.74 Å². The van der Waals surface area contributed by atoms with Crippen LogP contribution in [0.2, 0.25) is 0 Å². The fourth-order valence-corrected chi connectivity index (χ4v) is 5.37. The second-order valence-electron chi connectivity index (χ2n) is 9.78. The van der Waals surface area contributed by atoms with Crippen LogP contribution in [-0.2, 0) is 11.2 Å². The number of aromatic nitrogens is 1. The number of hydrogen-bond acceptors (Lipinski definition) is 4. The van der Waals surface area contributed by atoms with Gasteiger partial charge in [0, 0.05) is 23.7 Å². The topological polar surface area (TPSA) is 62.7 Å². The number of piperidine rings is 1. The third kappa shape index (κ3) is 6.60. The number of carboxylic acids is 1. The Morgan fingerprint density at radius 2 is 1.97 bits per heavy atom. The molecule has 1 aliphatic rings. The summed E-state index contributed by atoms with van der Waals surface area (Å²) < 4.78 is 48.3. The van der Waals surface area contributed by atoms with Crippen LogP contribution in [0.25, 0.3) is 10.9 Å². The van der Waals surface area contributed by atoms with Gasteiger partial charge in [-0.15, -0.1) is 0 Å². The number of hydrogen-bond donors (Lipinski definition) is 1. The molecule has 0 unspecified atom stereocenters. The second-order valence-corrected chi connectivity index (χ2v) is 9.78. The van der Waals surface area contributed by atoms with Gasteiger partial charge in [-0.2, -0.15) is 0 Å². The maximum Gasteiger partial charge on any atom is 0.308 e. The molecule has 0 radical (unpaired) electrons. The number of rotatable bonds is 11. The van der Waals surface area contributed by atoms with Crippen molar-refractivity contribution in [2.75, 3.05) is 26.7 Å². The van der Waals surface area contributed by atoms with Gasteiger partial charge in [0.1, 0.15) is 23.6 Å². The molecule has 4 rings (SSSR count). The highest BCUT2D eigenvalue weighted by atomic mass is 19.1. The first-order chi connectivity index (χ1) is 17.9. The summed E-state index contributed by atoms with van der Waals surface area (Å²) in [5, 5.41) is 10.6. The highest BCUT2D eigenvalue weighted by molar-refractivity contribution is 5.83. The molecule has 0 bridgehead atoms. The summed E-state index contributed by atoms with van der Waals surface area (Å²) in [5.74, 6) is -1.97. The van der Waals surface area contributed by atoms with Crippen LogP contribution in [0.3, 0.4) is 0 Å². The number of pyridine rings is 1. The molecular weight excluding hydrogens is 481 g/mol. The number of alkyl halides is 1. The lowest BCUT2D eigenvalue weighted by Crippen LogP contribution is -2.44. The zero-order valence-electron chi connectivity index (χ0n) is 21.0. The van der Waals surface area contributed by atoms with E-state index in [0.29, 0.717) is 61.0 Å². The highest BCUT2D eigenvalue weighted by Crippen LogP contribution is 2.35. The Balaban J connectivity index is 1.30. The van der Waals surface area contributed by atoms with Gasteiger partial charge in [-0.1, -0.05) is 6.07 Å². The molecule has 0 spiro atoms. The summed E-state index contributed by atoms with van der Waals surface area (Å²) in [6.45, 7) is 1.80. The Morgan fingerprint density at radius 1 is 1.19 bits per heavy atom. The molecule has 1 N–H and O–H groups in total. The fourth-order valence-electron chi connectivity index (χ4n) is 5.37. The van der Waals surface area contributed by atoms with Crippen LogP contribution in [0.1, 0.15) is 49.4 Å². The number of unbranched alkanes of at least 4 members (excludes halogenated alkanes) is 1. The Bertz CT molecular complexity index is 1200. The average Bonchev–Trinajstić information content (AvgIpc) is 2.90. The quantitative estimate of drug-likeness (QED) is 0.302. The normalized spacial score (nSPS) is 19.1. The van der Waals surface area contributed by atoms with Crippen molar-refractivity contribution in [3.05, 3.63) is 71.4 Å². The molecule has 1 aromatic heterocycles. The maximum atomic E-state index is 15.4. The van der Waals surface area contributed by atoms with Crippen molar-refractivity contribution in [3.8, 4) is 5.75 Å². The summed E-state index contributed by atoms with van der Waals surface area (Å²) in [7, 11) is 1.56. The first-order valence-electron chi connectivity index (χ1n) is 12.8. The molecule has 0 saturated carbocycles. The highest BCUT2D eigenvalue weighted by Gasteiger charge is 2.34. The molecule has 3 aromatic rings. The first kappa shape index (κ1) is 26.9. The van der Waals surface area contributed by atoms with E-state index in [9.17, 15) is 18.7 Å². The number of methoxy groups -OCH3 is 1. The number of benzene rings is 2. The molecule has 3 atom stereocenters. The Morgan fingerprint density at radius 3 is 2.70 bits per heavy atom. The van der Waals surface area contributed by atoms with E-state index in [1.165, 1.54) is 18.2 Å². The van der Waals surface area contributed by atoms with E-state index >= 15 is 4.39 Å². The maximum absolute atomic E-state index is 15.4. The molecule has 0 aliphatic carbocycles. The molecule has 5 nitrogen and oxygen atoms in total. The van der Waals surface area contributed by atoms with Gasteiger partial charge in [-0.05, 0) is 99.5 Å². The Labute approximate surface area is 215 Å². The van der Waals surface area contributed by atoms with Gasteiger partial charge in [0.2, 0.25) is 0 Å². The van der Waals surface area contributed by atoms with Crippen LogP contribution in [0, 0.1) is 23.5 Å². The molecule has 1 aliphatic heterocycles. The third-order valence-electron chi connectivity index (χ3n) is 7.48. The average molecular weight is 515 g/mol. The summed E-state index contributed by atoms with van der Waals surface area (Å²) >= 11 is 0. The number of likely N-dealkylation sites (tertiary alicyclic amines) is 1. The lowest BCUT2D eigenvalue weighted by atomic mass is 9.81. The smallest absolute Gasteiger partial charge is 0.308 e.